The van der Waals surface area contributed by atoms with Gasteiger partial charge in [-0.05, 0) is 61.7 Å². The maximum atomic E-state index is 12.7. The molecule has 0 bridgehead atoms. The molecule has 0 radical (unpaired) electrons. The van der Waals surface area contributed by atoms with Crippen LogP contribution < -0.4 is 5.43 Å². The zero-order valence-electron chi connectivity index (χ0n) is 14.7. The average Bonchev–Trinajstić information content (AvgIpc) is 2.68. The number of hydrogen-bond donors (Lipinski definition) is 1. The average molecular weight is 392 g/mol. The molecular weight excluding hydrogens is 370 g/mol. The number of piperidine rings is 1. The van der Waals surface area contributed by atoms with E-state index in [2.05, 4.69) is 10.5 Å². The molecule has 2 aromatic rings. The van der Waals surface area contributed by atoms with Crippen molar-refractivity contribution >= 4 is 33.0 Å². The normalized spacial score (nSPS) is 16.5. The molecule has 1 fully saturated rings. The van der Waals surface area contributed by atoms with Gasteiger partial charge in [-0.1, -0.05) is 30.2 Å². The van der Waals surface area contributed by atoms with E-state index in [4.69, 9.17) is 11.6 Å². The molecule has 0 saturated carbocycles. The monoisotopic (exact) mass is 391 g/mol. The van der Waals surface area contributed by atoms with Gasteiger partial charge in [-0.2, -0.15) is 9.41 Å². The standard InChI is InChI=1S/C19H22ClN3O2S/c1-15(21-22-18-9-7-17(20)8-10-18)16-5-11-19(12-6-16)26(24,25)23-13-3-2-4-14-23/h5-12,22H,2-4,13-14H2,1H3/b21-15-. The fourth-order valence-corrected chi connectivity index (χ4v) is 4.50. The number of nitrogens with zero attached hydrogens (tertiary/aromatic N) is 2. The number of rotatable bonds is 5. The van der Waals surface area contributed by atoms with Crippen LogP contribution in [0.25, 0.3) is 0 Å². The zero-order valence-corrected chi connectivity index (χ0v) is 16.2. The predicted octanol–water partition coefficient (Wildman–Crippen LogP) is 4.35. The van der Waals surface area contributed by atoms with Crippen molar-refractivity contribution < 1.29 is 8.42 Å². The van der Waals surface area contributed by atoms with Crippen molar-refractivity contribution in [2.75, 3.05) is 18.5 Å². The van der Waals surface area contributed by atoms with Gasteiger partial charge in [-0.3, -0.25) is 5.43 Å². The van der Waals surface area contributed by atoms with Gasteiger partial charge in [0.05, 0.1) is 16.3 Å². The molecule has 7 heteroatoms. The Bertz CT molecular complexity index is 872. The number of sulfonamides is 1. The predicted molar refractivity (Wildman–Crippen MR) is 106 cm³/mol. The summed E-state index contributed by atoms with van der Waals surface area (Å²) >= 11 is 5.86. The minimum atomic E-state index is -3.40. The van der Waals surface area contributed by atoms with Crippen LogP contribution in [0.1, 0.15) is 31.7 Å². The third-order valence-corrected chi connectivity index (χ3v) is 6.59. The summed E-state index contributed by atoms with van der Waals surface area (Å²) in [4.78, 5) is 0.335. The molecule has 26 heavy (non-hydrogen) atoms. The van der Waals surface area contributed by atoms with Crippen molar-refractivity contribution in [2.45, 2.75) is 31.1 Å². The van der Waals surface area contributed by atoms with Crippen LogP contribution in [0.3, 0.4) is 0 Å². The van der Waals surface area contributed by atoms with E-state index in [1.165, 1.54) is 0 Å². The second-order valence-electron chi connectivity index (χ2n) is 6.31. The molecule has 0 atom stereocenters. The van der Waals surface area contributed by atoms with Gasteiger partial charge in [0.25, 0.3) is 0 Å². The Balaban J connectivity index is 1.72. The lowest BCUT2D eigenvalue weighted by atomic mass is 10.1. The number of benzene rings is 2. The van der Waals surface area contributed by atoms with Crippen LogP contribution >= 0.6 is 11.6 Å². The van der Waals surface area contributed by atoms with E-state index in [1.54, 1.807) is 40.7 Å². The lowest BCUT2D eigenvalue weighted by molar-refractivity contribution is 0.346. The highest BCUT2D eigenvalue weighted by Crippen LogP contribution is 2.21. The number of hydrogen-bond acceptors (Lipinski definition) is 4. The third-order valence-electron chi connectivity index (χ3n) is 4.42. The minimum Gasteiger partial charge on any atom is -0.278 e. The van der Waals surface area contributed by atoms with E-state index < -0.39 is 10.0 Å². The quantitative estimate of drug-likeness (QED) is 0.608. The van der Waals surface area contributed by atoms with Crippen molar-refractivity contribution in [1.82, 2.24) is 4.31 Å². The number of hydrazone groups is 1. The Morgan fingerprint density at radius 1 is 1.00 bits per heavy atom. The van der Waals surface area contributed by atoms with E-state index >= 15 is 0 Å². The number of nitrogens with one attached hydrogen (secondary N) is 1. The second kappa shape index (κ2) is 8.20. The first-order valence-electron chi connectivity index (χ1n) is 8.63. The largest absolute Gasteiger partial charge is 0.278 e. The van der Waals surface area contributed by atoms with Crippen molar-refractivity contribution in [2.24, 2.45) is 5.10 Å². The Morgan fingerprint density at radius 3 is 2.23 bits per heavy atom. The van der Waals surface area contributed by atoms with Crippen molar-refractivity contribution in [3.8, 4) is 0 Å². The van der Waals surface area contributed by atoms with Crippen LogP contribution in [-0.4, -0.2) is 31.5 Å². The molecule has 0 amide bonds. The molecule has 0 aromatic heterocycles. The molecule has 5 nitrogen and oxygen atoms in total. The van der Waals surface area contributed by atoms with Crippen LogP contribution in [-0.2, 0) is 10.0 Å². The maximum absolute atomic E-state index is 12.7. The molecular formula is C19H22ClN3O2S. The molecule has 1 N–H and O–H groups in total. The van der Waals surface area contributed by atoms with E-state index in [0.29, 0.717) is 23.0 Å². The lowest BCUT2D eigenvalue weighted by Gasteiger charge is -2.25. The van der Waals surface area contributed by atoms with Gasteiger partial charge in [0.1, 0.15) is 0 Å². The van der Waals surface area contributed by atoms with E-state index in [9.17, 15) is 8.42 Å². The summed E-state index contributed by atoms with van der Waals surface area (Å²) in [6, 6.07) is 14.1. The second-order valence-corrected chi connectivity index (χ2v) is 8.68. The molecule has 1 heterocycles. The van der Waals surface area contributed by atoms with E-state index in [1.807, 2.05) is 19.1 Å². The Morgan fingerprint density at radius 2 is 1.62 bits per heavy atom. The molecule has 0 unspecified atom stereocenters. The number of halogens is 1. The Kier molecular flexibility index (Phi) is 5.96. The molecule has 0 spiro atoms. The third kappa shape index (κ3) is 4.44. The van der Waals surface area contributed by atoms with Gasteiger partial charge >= 0.3 is 0 Å². The fraction of sp³-hybridized carbons (Fsp3) is 0.316. The summed E-state index contributed by atoms with van der Waals surface area (Å²) < 4.78 is 26.9. The fourth-order valence-electron chi connectivity index (χ4n) is 2.86. The molecule has 3 rings (SSSR count). The van der Waals surface area contributed by atoms with Crippen molar-refractivity contribution in [3.05, 3.63) is 59.1 Å². The van der Waals surface area contributed by atoms with Crippen molar-refractivity contribution in [3.63, 3.8) is 0 Å². The van der Waals surface area contributed by atoms with E-state index in [0.717, 1.165) is 36.2 Å². The van der Waals surface area contributed by atoms with Crippen LogP contribution in [0.2, 0.25) is 5.02 Å². The van der Waals surface area contributed by atoms with Crippen LogP contribution in [0.15, 0.2) is 58.5 Å². The molecule has 1 saturated heterocycles. The first-order chi connectivity index (χ1) is 12.5. The molecule has 0 aliphatic carbocycles. The number of anilines is 1. The highest BCUT2D eigenvalue weighted by Gasteiger charge is 2.25. The summed E-state index contributed by atoms with van der Waals surface area (Å²) in [5.41, 5.74) is 5.43. The highest BCUT2D eigenvalue weighted by molar-refractivity contribution is 7.89. The molecule has 1 aliphatic heterocycles. The van der Waals surface area contributed by atoms with Gasteiger partial charge in [-0.25, -0.2) is 8.42 Å². The smallest absolute Gasteiger partial charge is 0.243 e. The van der Waals surface area contributed by atoms with Crippen LogP contribution in [0.5, 0.6) is 0 Å². The topological polar surface area (TPSA) is 61.8 Å². The van der Waals surface area contributed by atoms with Crippen molar-refractivity contribution in [1.29, 1.82) is 0 Å². The Labute approximate surface area is 159 Å². The lowest BCUT2D eigenvalue weighted by Crippen LogP contribution is -2.35. The maximum Gasteiger partial charge on any atom is 0.243 e. The first kappa shape index (κ1) is 18.9. The minimum absolute atomic E-state index is 0.335. The van der Waals surface area contributed by atoms with Gasteiger partial charge < -0.3 is 0 Å². The highest BCUT2D eigenvalue weighted by atomic mass is 35.5. The molecule has 1 aliphatic rings. The zero-order chi connectivity index (χ0) is 18.6. The summed E-state index contributed by atoms with van der Waals surface area (Å²) in [5.74, 6) is 0. The van der Waals surface area contributed by atoms with E-state index in [-0.39, 0.29) is 0 Å². The van der Waals surface area contributed by atoms with Gasteiger partial charge in [-0.15, -0.1) is 0 Å². The summed E-state index contributed by atoms with van der Waals surface area (Å²) in [5, 5.41) is 5.01. The summed E-state index contributed by atoms with van der Waals surface area (Å²) in [6.07, 6.45) is 2.96. The Hall–Kier alpha value is -1.89. The first-order valence-corrected chi connectivity index (χ1v) is 10.4. The summed E-state index contributed by atoms with van der Waals surface area (Å²) in [7, 11) is -3.40. The van der Waals surface area contributed by atoms with Crippen LogP contribution in [0.4, 0.5) is 5.69 Å². The van der Waals surface area contributed by atoms with Gasteiger partial charge in [0.15, 0.2) is 0 Å². The molecule has 138 valence electrons. The van der Waals surface area contributed by atoms with Crippen LogP contribution in [0, 0.1) is 0 Å². The SMILES string of the molecule is C/C(=N/Nc1ccc(Cl)cc1)c1ccc(S(=O)(=O)N2CCCCC2)cc1. The molecule has 2 aromatic carbocycles. The van der Waals surface area contributed by atoms with Gasteiger partial charge in [0, 0.05) is 18.1 Å². The van der Waals surface area contributed by atoms with Gasteiger partial charge in [0.2, 0.25) is 10.0 Å². The summed E-state index contributed by atoms with van der Waals surface area (Å²) in [6.45, 7) is 3.09.